The number of amides is 1. The van der Waals surface area contributed by atoms with Gasteiger partial charge in [0.25, 0.3) is 0 Å². The standard InChI is InChI=1S/C22H13F12N3O2/c23-13-4-11(3-12(17(13)24)21(29,30)31)19(22(32,33)34)5-14(36-39-19)10-1-2-15(35-7-10)18(25)8-37(9-18)16(38)6-20(26,27)28/h1-5,7,36H,6,8-9H2. The molecule has 1 atom stereocenters. The SMILES string of the molecule is O=C(CC(F)(F)F)N1CC(F)(c2ccc(C3=CC(c4cc(F)c(F)c(C(F)(F)F)c4)(C(F)(F)F)ON3)cn2)C1. The molecule has 0 bridgehead atoms. The number of carbonyl (C=O) groups is 1. The van der Waals surface area contributed by atoms with Gasteiger partial charge in [0.05, 0.1) is 30.0 Å². The van der Waals surface area contributed by atoms with Gasteiger partial charge in [0.15, 0.2) is 17.3 Å². The van der Waals surface area contributed by atoms with Crippen LogP contribution in [0.2, 0.25) is 0 Å². The van der Waals surface area contributed by atoms with Crippen molar-refractivity contribution >= 4 is 11.6 Å². The van der Waals surface area contributed by atoms with Gasteiger partial charge in [-0.25, -0.2) is 13.2 Å². The molecule has 1 fully saturated rings. The second-order valence-corrected chi connectivity index (χ2v) is 8.75. The van der Waals surface area contributed by atoms with Crippen molar-refractivity contribution in [2.45, 2.75) is 36.2 Å². The van der Waals surface area contributed by atoms with Crippen LogP contribution in [-0.2, 0) is 27.1 Å². The molecule has 39 heavy (non-hydrogen) atoms. The minimum Gasteiger partial charge on any atom is -0.335 e. The number of likely N-dealkylation sites (tertiary alicyclic amines) is 1. The molecule has 212 valence electrons. The van der Waals surface area contributed by atoms with Crippen LogP contribution < -0.4 is 5.48 Å². The minimum atomic E-state index is -5.54. The number of rotatable bonds is 4. The molecule has 0 spiro atoms. The summed E-state index contributed by atoms with van der Waals surface area (Å²) in [6.45, 7) is -1.51. The highest BCUT2D eigenvalue weighted by atomic mass is 19.4. The number of hydroxylamine groups is 1. The van der Waals surface area contributed by atoms with Gasteiger partial charge < -0.3 is 4.90 Å². The molecule has 1 saturated heterocycles. The van der Waals surface area contributed by atoms with Crippen molar-refractivity contribution in [3.63, 3.8) is 0 Å². The van der Waals surface area contributed by atoms with Gasteiger partial charge in [0, 0.05) is 17.3 Å². The van der Waals surface area contributed by atoms with Crippen LogP contribution in [0.4, 0.5) is 52.7 Å². The van der Waals surface area contributed by atoms with E-state index < -0.39 is 83.7 Å². The van der Waals surface area contributed by atoms with E-state index in [2.05, 4.69) is 9.82 Å². The van der Waals surface area contributed by atoms with Crippen molar-refractivity contribution in [1.29, 1.82) is 0 Å². The van der Waals surface area contributed by atoms with Crippen LogP contribution in [0.5, 0.6) is 0 Å². The van der Waals surface area contributed by atoms with Gasteiger partial charge in [0.2, 0.25) is 11.5 Å². The topological polar surface area (TPSA) is 54.5 Å². The number of carbonyl (C=O) groups excluding carboxylic acids is 1. The Kier molecular flexibility index (Phi) is 6.60. The van der Waals surface area contributed by atoms with Crippen LogP contribution in [-0.4, -0.2) is 41.2 Å². The van der Waals surface area contributed by atoms with E-state index >= 15 is 0 Å². The van der Waals surface area contributed by atoms with Gasteiger partial charge in [-0.2, -0.15) is 39.5 Å². The smallest absolute Gasteiger partial charge is 0.335 e. The van der Waals surface area contributed by atoms with Gasteiger partial charge in [0.1, 0.15) is 6.42 Å². The molecule has 4 rings (SSSR count). The fraction of sp³-hybridized carbons (Fsp3) is 0.364. The quantitative estimate of drug-likeness (QED) is 0.475. The van der Waals surface area contributed by atoms with Crippen molar-refractivity contribution in [2.75, 3.05) is 13.1 Å². The molecule has 1 aromatic carbocycles. The lowest BCUT2D eigenvalue weighted by Gasteiger charge is -2.44. The van der Waals surface area contributed by atoms with Crippen LogP contribution in [0.15, 0.2) is 36.5 Å². The van der Waals surface area contributed by atoms with E-state index in [9.17, 15) is 57.5 Å². The monoisotopic (exact) mass is 579 g/mol. The molecule has 1 aromatic heterocycles. The van der Waals surface area contributed by atoms with Crippen molar-refractivity contribution in [3.8, 4) is 0 Å². The Labute approximate surface area is 210 Å². The zero-order valence-corrected chi connectivity index (χ0v) is 18.8. The number of benzene rings is 1. The summed E-state index contributed by atoms with van der Waals surface area (Å²) in [7, 11) is 0. The number of aromatic nitrogens is 1. The first kappa shape index (κ1) is 28.5. The minimum absolute atomic E-state index is 0.101. The molecule has 2 aliphatic rings. The Morgan fingerprint density at radius 2 is 1.67 bits per heavy atom. The highest BCUT2D eigenvalue weighted by molar-refractivity contribution is 5.78. The van der Waals surface area contributed by atoms with E-state index in [1.165, 1.54) is 0 Å². The molecule has 2 aliphatic heterocycles. The Balaban J connectivity index is 1.62. The molecule has 3 heterocycles. The van der Waals surface area contributed by atoms with Gasteiger partial charge in [-0.1, -0.05) is 0 Å². The van der Waals surface area contributed by atoms with E-state index in [-0.39, 0.29) is 29.5 Å². The van der Waals surface area contributed by atoms with Gasteiger partial charge in [-0.05, 0) is 30.3 Å². The lowest BCUT2D eigenvalue weighted by molar-refractivity contribution is -0.269. The van der Waals surface area contributed by atoms with E-state index in [4.69, 9.17) is 0 Å². The fourth-order valence-electron chi connectivity index (χ4n) is 3.99. The zero-order valence-electron chi connectivity index (χ0n) is 18.8. The number of pyridine rings is 1. The Hall–Kier alpha value is -3.50. The highest BCUT2D eigenvalue weighted by Crippen LogP contribution is 2.49. The summed E-state index contributed by atoms with van der Waals surface area (Å²) < 4.78 is 161. The summed E-state index contributed by atoms with van der Waals surface area (Å²) in [6, 6.07) is 1.64. The van der Waals surface area contributed by atoms with Crippen LogP contribution in [0, 0.1) is 11.6 Å². The van der Waals surface area contributed by atoms with Crippen molar-refractivity contribution in [1.82, 2.24) is 15.4 Å². The van der Waals surface area contributed by atoms with Crippen molar-refractivity contribution in [2.24, 2.45) is 0 Å². The third-order valence-corrected chi connectivity index (χ3v) is 5.97. The average molecular weight is 579 g/mol. The van der Waals surface area contributed by atoms with E-state index in [1.54, 1.807) is 0 Å². The maximum atomic E-state index is 15.0. The normalized spacial score (nSPS) is 21.3. The van der Waals surface area contributed by atoms with Crippen LogP contribution in [0.3, 0.4) is 0 Å². The summed E-state index contributed by atoms with van der Waals surface area (Å²) in [5.74, 6) is -5.98. The number of alkyl halides is 10. The third kappa shape index (κ3) is 5.23. The molecular weight excluding hydrogens is 566 g/mol. The number of hydrogen-bond acceptors (Lipinski definition) is 4. The van der Waals surface area contributed by atoms with E-state index in [0.29, 0.717) is 4.90 Å². The molecule has 2 aromatic rings. The van der Waals surface area contributed by atoms with Crippen LogP contribution in [0.25, 0.3) is 5.70 Å². The number of hydrogen-bond donors (Lipinski definition) is 1. The number of nitrogens with one attached hydrogen (secondary N) is 1. The summed E-state index contributed by atoms with van der Waals surface area (Å²) in [5, 5.41) is 0. The molecular formula is C22H13F12N3O2. The lowest BCUT2D eigenvalue weighted by Crippen LogP contribution is -2.59. The number of nitrogens with zero attached hydrogens (tertiary/aromatic N) is 2. The van der Waals surface area contributed by atoms with E-state index in [1.807, 2.05) is 5.48 Å². The maximum absolute atomic E-state index is 15.0. The summed E-state index contributed by atoms with van der Waals surface area (Å²) >= 11 is 0. The van der Waals surface area contributed by atoms with Crippen molar-refractivity contribution in [3.05, 3.63) is 70.6 Å². The van der Waals surface area contributed by atoms with Crippen molar-refractivity contribution < 1.29 is 62.3 Å². The van der Waals surface area contributed by atoms with Crippen LogP contribution in [0.1, 0.15) is 28.8 Å². The Morgan fingerprint density at radius 3 is 2.18 bits per heavy atom. The van der Waals surface area contributed by atoms with Gasteiger partial charge in [-0.15, -0.1) is 0 Å². The lowest BCUT2D eigenvalue weighted by atomic mass is 9.89. The van der Waals surface area contributed by atoms with E-state index in [0.717, 1.165) is 18.3 Å². The predicted molar refractivity (Wildman–Crippen MR) is 106 cm³/mol. The van der Waals surface area contributed by atoms with Gasteiger partial charge in [-0.3, -0.25) is 20.1 Å². The molecule has 1 N–H and O–H groups in total. The molecule has 17 heteroatoms. The molecule has 1 unspecified atom stereocenters. The average Bonchev–Trinajstić information content (AvgIpc) is 3.24. The first-order valence-electron chi connectivity index (χ1n) is 10.6. The fourth-order valence-corrected chi connectivity index (χ4v) is 3.99. The first-order valence-corrected chi connectivity index (χ1v) is 10.6. The third-order valence-electron chi connectivity index (χ3n) is 5.97. The summed E-state index contributed by atoms with van der Waals surface area (Å²) in [6.07, 6.45) is -16.5. The Bertz CT molecular complexity index is 1310. The molecule has 0 saturated carbocycles. The number of halogens is 12. The molecule has 0 radical (unpaired) electrons. The molecule has 0 aliphatic carbocycles. The second-order valence-electron chi connectivity index (χ2n) is 8.75. The summed E-state index contributed by atoms with van der Waals surface area (Å²) in [4.78, 5) is 20.5. The largest absolute Gasteiger partial charge is 0.428 e. The van der Waals surface area contributed by atoms with Gasteiger partial charge >= 0.3 is 18.5 Å². The first-order chi connectivity index (χ1) is 17.8. The molecule has 1 amide bonds. The second kappa shape index (κ2) is 9.02. The maximum Gasteiger partial charge on any atom is 0.428 e. The predicted octanol–water partition coefficient (Wildman–Crippen LogP) is 5.67. The Morgan fingerprint density at radius 1 is 1.03 bits per heavy atom. The molecule has 5 nitrogen and oxygen atoms in total. The highest BCUT2D eigenvalue weighted by Gasteiger charge is 2.60. The summed E-state index contributed by atoms with van der Waals surface area (Å²) in [5.41, 5.74) is -9.05. The zero-order chi connectivity index (χ0) is 29.2. The van der Waals surface area contributed by atoms with Crippen LogP contribution >= 0.6 is 0 Å².